The maximum Gasteiger partial charge on any atom is 0.264 e. The molecule has 0 saturated heterocycles. The van der Waals surface area contributed by atoms with Gasteiger partial charge in [0.15, 0.2) is 0 Å². The van der Waals surface area contributed by atoms with E-state index < -0.39 is 10.0 Å². The second-order valence-electron chi connectivity index (χ2n) is 4.03. The van der Waals surface area contributed by atoms with Crippen LogP contribution >= 0.6 is 0 Å². The van der Waals surface area contributed by atoms with Crippen LogP contribution in [-0.2, 0) is 10.0 Å². The molecule has 19 heavy (non-hydrogen) atoms. The molecule has 7 heteroatoms. The van der Waals surface area contributed by atoms with Crippen LogP contribution in [0.3, 0.4) is 0 Å². The van der Waals surface area contributed by atoms with Gasteiger partial charge in [-0.05, 0) is 37.6 Å². The van der Waals surface area contributed by atoms with Crippen molar-refractivity contribution in [2.75, 3.05) is 4.72 Å². The molecule has 0 aliphatic carbocycles. The average molecular weight is 277 g/mol. The SMILES string of the molecule is Cc1cc(NS(=O)(=O)c2ccc(C#N)cc2C)on1. The summed E-state index contributed by atoms with van der Waals surface area (Å²) in [7, 11) is -3.75. The Labute approximate surface area is 110 Å². The molecule has 0 fully saturated rings. The Hall–Kier alpha value is -2.33. The molecule has 1 aromatic heterocycles. The molecular weight excluding hydrogens is 266 g/mol. The van der Waals surface area contributed by atoms with E-state index in [1.807, 2.05) is 6.07 Å². The van der Waals surface area contributed by atoms with Crippen LogP contribution in [0.1, 0.15) is 16.8 Å². The van der Waals surface area contributed by atoms with Crippen LogP contribution in [0.5, 0.6) is 0 Å². The zero-order chi connectivity index (χ0) is 14.0. The average Bonchev–Trinajstić information content (AvgIpc) is 2.73. The predicted molar refractivity (Wildman–Crippen MR) is 67.9 cm³/mol. The van der Waals surface area contributed by atoms with Crippen molar-refractivity contribution in [3.63, 3.8) is 0 Å². The molecule has 1 heterocycles. The number of rotatable bonds is 3. The van der Waals surface area contributed by atoms with Gasteiger partial charge in [0.25, 0.3) is 10.0 Å². The summed E-state index contributed by atoms with van der Waals surface area (Å²) in [5.41, 5.74) is 1.48. The molecule has 0 spiro atoms. The number of nitriles is 1. The zero-order valence-corrected chi connectivity index (χ0v) is 11.2. The monoisotopic (exact) mass is 277 g/mol. The zero-order valence-electron chi connectivity index (χ0n) is 10.3. The van der Waals surface area contributed by atoms with E-state index in [4.69, 9.17) is 9.78 Å². The summed E-state index contributed by atoms with van der Waals surface area (Å²) >= 11 is 0. The number of nitrogens with one attached hydrogen (secondary N) is 1. The molecule has 1 aromatic carbocycles. The van der Waals surface area contributed by atoms with E-state index in [-0.39, 0.29) is 10.8 Å². The predicted octanol–water partition coefficient (Wildman–Crippen LogP) is 1.96. The minimum absolute atomic E-state index is 0.0567. The number of hydrogen-bond donors (Lipinski definition) is 1. The van der Waals surface area contributed by atoms with Crippen molar-refractivity contribution in [2.45, 2.75) is 18.7 Å². The minimum atomic E-state index is -3.75. The number of aryl methyl sites for hydroxylation is 2. The van der Waals surface area contributed by atoms with E-state index in [1.54, 1.807) is 13.8 Å². The fourth-order valence-corrected chi connectivity index (χ4v) is 2.82. The van der Waals surface area contributed by atoms with Crippen LogP contribution in [0.2, 0.25) is 0 Å². The standard InChI is InChI=1S/C12H11N3O3S/c1-8-5-10(7-13)3-4-11(8)19(16,17)15-12-6-9(2)14-18-12/h3-6,15H,1-2H3. The van der Waals surface area contributed by atoms with Gasteiger partial charge in [0, 0.05) is 6.07 Å². The lowest BCUT2D eigenvalue weighted by Crippen LogP contribution is -2.13. The van der Waals surface area contributed by atoms with Crippen LogP contribution in [0, 0.1) is 25.2 Å². The maximum absolute atomic E-state index is 12.1. The maximum atomic E-state index is 12.1. The fourth-order valence-electron chi connectivity index (χ4n) is 1.62. The number of nitrogens with zero attached hydrogens (tertiary/aromatic N) is 2. The summed E-state index contributed by atoms with van der Waals surface area (Å²) in [4.78, 5) is 0.0977. The fraction of sp³-hybridized carbons (Fsp3) is 0.167. The van der Waals surface area contributed by atoms with Crippen LogP contribution in [0.15, 0.2) is 33.7 Å². The van der Waals surface area contributed by atoms with Crippen molar-refractivity contribution in [3.8, 4) is 6.07 Å². The second kappa shape index (κ2) is 4.74. The molecule has 98 valence electrons. The third kappa shape index (κ3) is 2.74. The van der Waals surface area contributed by atoms with Crippen LogP contribution in [0.4, 0.5) is 5.88 Å². The lowest BCUT2D eigenvalue weighted by molar-refractivity contribution is 0.430. The first kappa shape index (κ1) is 13.1. The van der Waals surface area contributed by atoms with Gasteiger partial charge in [-0.1, -0.05) is 5.16 Å². The van der Waals surface area contributed by atoms with Gasteiger partial charge in [-0.2, -0.15) is 5.26 Å². The van der Waals surface area contributed by atoms with Gasteiger partial charge in [0.05, 0.1) is 22.2 Å². The Bertz CT molecular complexity index is 757. The van der Waals surface area contributed by atoms with Gasteiger partial charge < -0.3 is 4.52 Å². The van der Waals surface area contributed by atoms with E-state index in [0.717, 1.165) is 0 Å². The van der Waals surface area contributed by atoms with Crippen molar-refractivity contribution in [3.05, 3.63) is 41.1 Å². The molecule has 1 N–H and O–H groups in total. The smallest absolute Gasteiger partial charge is 0.264 e. The van der Waals surface area contributed by atoms with Gasteiger partial charge >= 0.3 is 0 Å². The van der Waals surface area contributed by atoms with Crippen LogP contribution in [0.25, 0.3) is 0 Å². The Morgan fingerprint density at radius 3 is 2.58 bits per heavy atom. The molecule has 0 atom stereocenters. The Balaban J connectivity index is 2.37. The molecule has 2 aromatic rings. The molecule has 0 aliphatic rings. The third-order valence-electron chi connectivity index (χ3n) is 2.46. The summed E-state index contributed by atoms with van der Waals surface area (Å²) in [6, 6.07) is 7.79. The normalized spacial score (nSPS) is 11.0. The number of aromatic nitrogens is 1. The van der Waals surface area contributed by atoms with Gasteiger partial charge in [-0.3, -0.25) is 0 Å². The first-order chi connectivity index (χ1) is 8.92. The first-order valence-electron chi connectivity index (χ1n) is 5.39. The topological polar surface area (TPSA) is 96.0 Å². The van der Waals surface area contributed by atoms with E-state index in [2.05, 4.69) is 9.88 Å². The molecular formula is C12H11N3O3S. The highest BCUT2D eigenvalue weighted by Crippen LogP contribution is 2.20. The molecule has 0 amide bonds. The molecule has 0 aliphatic heterocycles. The number of sulfonamides is 1. The number of hydrogen-bond acceptors (Lipinski definition) is 5. The van der Waals surface area contributed by atoms with Crippen molar-refractivity contribution in [1.82, 2.24) is 5.16 Å². The summed E-state index contributed by atoms with van der Waals surface area (Å²) in [6.45, 7) is 3.31. The summed E-state index contributed by atoms with van der Waals surface area (Å²) < 4.78 is 31.4. The van der Waals surface area contributed by atoms with Gasteiger partial charge in [0.2, 0.25) is 5.88 Å². The molecule has 0 bridgehead atoms. The molecule has 0 saturated carbocycles. The lowest BCUT2D eigenvalue weighted by atomic mass is 10.2. The summed E-state index contributed by atoms with van der Waals surface area (Å²) in [5.74, 6) is 0.0567. The first-order valence-corrected chi connectivity index (χ1v) is 6.87. The number of anilines is 1. The highest BCUT2D eigenvalue weighted by molar-refractivity contribution is 7.92. The quantitative estimate of drug-likeness (QED) is 0.925. The van der Waals surface area contributed by atoms with Crippen LogP contribution < -0.4 is 4.72 Å². The number of benzene rings is 1. The van der Waals surface area contributed by atoms with E-state index >= 15 is 0 Å². The molecule has 0 radical (unpaired) electrons. The van der Waals surface area contributed by atoms with Crippen molar-refractivity contribution in [1.29, 1.82) is 5.26 Å². The highest BCUT2D eigenvalue weighted by atomic mass is 32.2. The third-order valence-corrected chi connectivity index (χ3v) is 3.96. The van der Waals surface area contributed by atoms with Crippen LogP contribution in [-0.4, -0.2) is 13.6 Å². The van der Waals surface area contributed by atoms with Gasteiger partial charge in [0.1, 0.15) is 0 Å². The Morgan fingerprint density at radius 2 is 2.05 bits per heavy atom. The second-order valence-corrected chi connectivity index (χ2v) is 5.68. The highest BCUT2D eigenvalue weighted by Gasteiger charge is 2.19. The summed E-state index contributed by atoms with van der Waals surface area (Å²) in [5, 5.41) is 12.4. The van der Waals surface area contributed by atoms with Crippen molar-refractivity contribution >= 4 is 15.9 Å². The lowest BCUT2D eigenvalue weighted by Gasteiger charge is -2.07. The van der Waals surface area contributed by atoms with E-state index in [0.29, 0.717) is 16.8 Å². The molecule has 0 unspecified atom stereocenters. The largest absolute Gasteiger partial charge is 0.338 e. The van der Waals surface area contributed by atoms with Crippen molar-refractivity contribution < 1.29 is 12.9 Å². The minimum Gasteiger partial charge on any atom is -0.338 e. The Morgan fingerprint density at radius 1 is 1.32 bits per heavy atom. The van der Waals surface area contributed by atoms with Gasteiger partial charge in [-0.15, -0.1) is 0 Å². The molecule has 6 nitrogen and oxygen atoms in total. The van der Waals surface area contributed by atoms with Crippen molar-refractivity contribution in [2.24, 2.45) is 0 Å². The summed E-state index contributed by atoms with van der Waals surface area (Å²) in [6.07, 6.45) is 0. The van der Waals surface area contributed by atoms with E-state index in [1.165, 1.54) is 24.3 Å². The molecule has 2 rings (SSSR count). The van der Waals surface area contributed by atoms with E-state index in [9.17, 15) is 8.42 Å². The van der Waals surface area contributed by atoms with Gasteiger partial charge in [-0.25, -0.2) is 13.1 Å². The Kier molecular flexibility index (Phi) is 3.27.